The second-order valence-corrected chi connectivity index (χ2v) is 7.73. The molecule has 0 radical (unpaired) electrons. The lowest BCUT2D eigenvalue weighted by Crippen LogP contribution is -2.47. The third-order valence-electron chi connectivity index (χ3n) is 5.47. The predicted octanol–water partition coefficient (Wildman–Crippen LogP) is 2.13. The van der Waals surface area contributed by atoms with E-state index in [-0.39, 0.29) is 17.3 Å². The lowest BCUT2D eigenvalue weighted by molar-refractivity contribution is 0.0914. The first-order chi connectivity index (χ1) is 13.9. The van der Waals surface area contributed by atoms with Gasteiger partial charge in [0.1, 0.15) is 22.7 Å². The Morgan fingerprint density at radius 2 is 2.24 bits per heavy atom. The zero-order valence-corrected chi connectivity index (χ0v) is 16.1. The SMILES string of the molecule is Cn1nc(-c2cnc3[nH]cc(C(=O)NC4(C)CCNC4)c3n2)c2ccc(F)cc21. The summed E-state index contributed by atoms with van der Waals surface area (Å²) in [4.78, 5) is 25.0. The number of H-pyrrole nitrogens is 1. The average molecular weight is 393 g/mol. The highest BCUT2D eigenvalue weighted by Gasteiger charge is 2.31. The number of aromatic nitrogens is 5. The molecule has 0 aliphatic carbocycles. The quantitative estimate of drug-likeness (QED) is 0.495. The summed E-state index contributed by atoms with van der Waals surface area (Å²) in [5.41, 5.74) is 2.95. The molecule has 1 aliphatic rings. The summed E-state index contributed by atoms with van der Waals surface area (Å²) in [6.07, 6.45) is 4.10. The number of amides is 1. The molecular weight excluding hydrogens is 373 g/mol. The number of rotatable bonds is 3. The van der Waals surface area contributed by atoms with Gasteiger partial charge in [-0.15, -0.1) is 0 Å². The van der Waals surface area contributed by atoms with Crippen LogP contribution in [0.3, 0.4) is 0 Å². The van der Waals surface area contributed by atoms with Gasteiger partial charge in [-0.05, 0) is 38.1 Å². The van der Waals surface area contributed by atoms with Crippen LogP contribution in [0.15, 0.2) is 30.6 Å². The van der Waals surface area contributed by atoms with Crippen molar-refractivity contribution in [2.75, 3.05) is 13.1 Å². The van der Waals surface area contributed by atoms with Gasteiger partial charge < -0.3 is 15.6 Å². The van der Waals surface area contributed by atoms with Crippen LogP contribution < -0.4 is 10.6 Å². The van der Waals surface area contributed by atoms with Crippen LogP contribution in [0.2, 0.25) is 0 Å². The van der Waals surface area contributed by atoms with Gasteiger partial charge in [0.25, 0.3) is 5.91 Å². The van der Waals surface area contributed by atoms with Crippen LogP contribution in [0.4, 0.5) is 4.39 Å². The molecule has 4 aromatic rings. The van der Waals surface area contributed by atoms with Crippen molar-refractivity contribution in [2.24, 2.45) is 7.05 Å². The van der Waals surface area contributed by atoms with Crippen LogP contribution >= 0.6 is 0 Å². The number of nitrogens with one attached hydrogen (secondary N) is 3. The number of benzene rings is 1. The summed E-state index contributed by atoms with van der Waals surface area (Å²) in [6.45, 7) is 3.63. The Labute approximate surface area is 165 Å². The van der Waals surface area contributed by atoms with Gasteiger partial charge >= 0.3 is 0 Å². The normalized spacial score (nSPS) is 19.3. The van der Waals surface area contributed by atoms with Gasteiger partial charge in [-0.3, -0.25) is 9.48 Å². The van der Waals surface area contributed by atoms with Gasteiger partial charge in [-0.2, -0.15) is 5.10 Å². The molecule has 4 heterocycles. The van der Waals surface area contributed by atoms with Gasteiger partial charge in [0.05, 0.1) is 22.8 Å². The number of carbonyl (C=O) groups excluding carboxylic acids is 1. The Hall–Kier alpha value is -3.33. The third kappa shape index (κ3) is 2.94. The van der Waals surface area contributed by atoms with E-state index in [0.717, 1.165) is 24.9 Å². The number of hydrogen-bond acceptors (Lipinski definition) is 5. The van der Waals surface area contributed by atoms with Crippen molar-refractivity contribution in [3.05, 3.63) is 42.0 Å². The highest BCUT2D eigenvalue weighted by molar-refractivity contribution is 6.05. The van der Waals surface area contributed by atoms with Crippen LogP contribution in [0.25, 0.3) is 33.5 Å². The molecule has 29 heavy (non-hydrogen) atoms. The molecule has 3 N–H and O–H groups in total. The number of nitrogens with zero attached hydrogens (tertiary/aromatic N) is 4. The first kappa shape index (κ1) is 17.7. The number of fused-ring (bicyclic) bond motifs is 2. The van der Waals surface area contributed by atoms with Crippen LogP contribution in [0.1, 0.15) is 23.7 Å². The van der Waals surface area contributed by atoms with Crippen molar-refractivity contribution < 1.29 is 9.18 Å². The molecule has 0 saturated carbocycles. The molecule has 1 saturated heterocycles. The molecule has 3 aromatic heterocycles. The van der Waals surface area contributed by atoms with Gasteiger partial charge in [0.2, 0.25) is 0 Å². The molecule has 1 amide bonds. The van der Waals surface area contributed by atoms with Crippen molar-refractivity contribution in [1.29, 1.82) is 0 Å². The van der Waals surface area contributed by atoms with Crippen LogP contribution in [0, 0.1) is 5.82 Å². The largest absolute Gasteiger partial charge is 0.345 e. The number of halogens is 1. The van der Waals surface area contributed by atoms with Gasteiger partial charge in [0, 0.05) is 25.2 Å². The van der Waals surface area contributed by atoms with Gasteiger partial charge in [0.15, 0.2) is 5.65 Å². The topological polar surface area (TPSA) is 101 Å². The first-order valence-corrected chi connectivity index (χ1v) is 9.43. The Morgan fingerprint density at radius 1 is 1.38 bits per heavy atom. The molecule has 148 valence electrons. The average Bonchev–Trinajstić information content (AvgIpc) is 3.39. The maximum Gasteiger partial charge on any atom is 0.255 e. The van der Waals surface area contributed by atoms with E-state index in [1.54, 1.807) is 30.2 Å². The van der Waals surface area contributed by atoms with E-state index in [2.05, 4.69) is 30.7 Å². The molecular formula is C20H20FN7O. The van der Waals surface area contributed by atoms with E-state index in [1.807, 2.05) is 6.92 Å². The van der Waals surface area contributed by atoms with Gasteiger partial charge in [-0.25, -0.2) is 14.4 Å². The predicted molar refractivity (Wildman–Crippen MR) is 107 cm³/mol. The number of hydrogen-bond donors (Lipinski definition) is 3. The standard InChI is InChI=1S/C20H20FN7O/c1-20(5-6-22-10-20)26-19(29)13-8-23-18-17(13)25-14(9-24-18)16-12-4-3-11(21)7-15(12)28(2)27-16/h3-4,7-9,22H,5-6,10H2,1-2H3,(H,23,24)(H,26,29). The van der Waals surface area contributed by atoms with Crippen molar-refractivity contribution in [3.63, 3.8) is 0 Å². The van der Waals surface area contributed by atoms with E-state index in [1.165, 1.54) is 12.1 Å². The molecule has 1 aromatic carbocycles. The lowest BCUT2D eigenvalue weighted by Gasteiger charge is -2.24. The van der Waals surface area contributed by atoms with E-state index in [0.29, 0.717) is 33.6 Å². The Kier molecular flexibility index (Phi) is 3.88. The van der Waals surface area contributed by atoms with Crippen molar-refractivity contribution in [1.82, 2.24) is 35.4 Å². The van der Waals surface area contributed by atoms with Crippen LogP contribution in [0.5, 0.6) is 0 Å². The number of aryl methyl sites for hydroxylation is 1. The van der Waals surface area contributed by atoms with Crippen molar-refractivity contribution >= 4 is 28.0 Å². The number of carbonyl (C=O) groups is 1. The highest BCUT2D eigenvalue weighted by Crippen LogP contribution is 2.28. The van der Waals surface area contributed by atoms with Crippen molar-refractivity contribution in [3.8, 4) is 11.4 Å². The van der Waals surface area contributed by atoms with E-state index < -0.39 is 0 Å². The molecule has 0 bridgehead atoms. The zero-order valence-electron chi connectivity index (χ0n) is 16.1. The van der Waals surface area contributed by atoms with Crippen LogP contribution in [-0.2, 0) is 7.05 Å². The molecule has 1 fully saturated rings. The molecule has 1 unspecified atom stereocenters. The van der Waals surface area contributed by atoms with E-state index >= 15 is 0 Å². The lowest BCUT2D eigenvalue weighted by atomic mass is 10.0. The fourth-order valence-corrected chi connectivity index (χ4v) is 3.86. The molecule has 0 spiro atoms. The Bertz CT molecular complexity index is 1250. The molecule has 1 aliphatic heterocycles. The second-order valence-electron chi connectivity index (χ2n) is 7.73. The monoisotopic (exact) mass is 393 g/mol. The molecule has 8 nitrogen and oxygen atoms in total. The summed E-state index contributed by atoms with van der Waals surface area (Å²) in [6, 6.07) is 4.51. The maximum absolute atomic E-state index is 13.6. The minimum Gasteiger partial charge on any atom is -0.345 e. The Morgan fingerprint density at radius 3 is 3.03 bits per heavy atom. The molecule has 1 atom stereocenters. The third-order valence-corrected chi connectivity index (χ3v) is 5.47. The first-order valence-electron chi connectivity index (χ1n) is 9.43. The fraction of sp³-hybridized carbons (Fsp3) is 0.300. The second kappa shape index (κ2) is 6.35. The fourth-order valence-electron chi connectivity index (χ4n) is 3.86. The van der Waals surface area contributed by atoms with Crippen LogP contribution in [-0.4, -0.2) is 49.3 Å². The summed E-state index contributed by atoms with van der Waals surface area (Å²) >= 11 is 0. The maximum atomic E-state index is 13.6. The zero-order chi connectivity index (χ0) is 20.2. The molecule has 5 rings (SSSR count). The van der Waals surface area contributed by atoms with Crippen molar-refractivity contribution in [2.45, 2.75) is 18.9 Å². The van der Waals surface area contributed by atoms with E-state index in [4.69, 9.17) is 0 Å². The Balaban J connectivity index is 1.57. The minimum absolute atomic E-state index is 0.193. The summed E-state index contributed by atoms with van der Waals surface area (Å²) < 4.78 is 15.2. The summed E-state index contributed by atoms with van der Waals surface area (Å²) in [5.74, 6) is -0.519. The minimum atomic E-state index is -0.326. The van der Waals surface area contributed by atoms with E-state index in [9.17, 15) is 9.18 Å². The highest BCUT2D eigenvalue weighted by atomic mass is 19.1. The molecule has 9 heteroatoms. The smallest absolute Gasteiger partial charge is 0.255 e. The van der Waals surface area contributed by atoms with Gasteiger partial charge in [-0.1, -0.05) is 0 Å². The summed E-state index contributed by atoms with van der Waals surface area (Å²) in [5, 5.41) is 11.6. The number of aromatic amines is 1. The summed E-state index contributed by atoms with van der Waals surface area (Å²) in [7, 11) is 1.75.